The third kappa shape index (κ3) is 11.1. The Morgan fingerprint density at radius 2 is 1.48 bits per heavy atom. The van der Waals surface area contributed by atoms with Crippen LogP contribution in [0, 0.1) is 23.7 Å². The van der Waals surface area contributed by atoms with Crippen molar-refractivity contribution in [3.05, 3.63) is 0 Å². The molecule has 4 saturated heterocycles. The third-order valence-corrected chi connectivity index (χ3v) is 14.3. The number of hydrogen-bond acceptors (Lipinski definition) is 15. The van der Waals surface area contributed by atoms with Crippen molar-refractivity contribution in [3.8, 4) is 0 Å². The van der Waals surface area contributed by atoms with Gasteiger partial charge in [-0.3, -0.25) is 19.3 Å². The molecule has 18 atom stereocenters. The van der Waals surface area contributed by atoms with E-state index in [1.165, 1.54) is 20.3 Å². The minimum atomic E-state index is -1.96. The van der Waals surface area contributed by atoms with Crippen LogP contribution in [0.15, 0.2) is 0 Å². The molecule has 0 aromatic carbocycles. The molecule has 0 radical (unpaired) electrons. The fraction of sp³-hybridized carbons (Fsp3) is 0.933. The van der Waals surface area contributed by atoms with Gasteiger partial charge in [-0.2, -0.15) is 0 Å². The van der Waals surface area contributed by atoms with Crippen LogP contribution in [-0.2, 0) is 52.3 Å². The van der Waals surface area contributed by atoms with Gasteiger partial charge in [0.05, 0.1) is 48.1 Å². The number of Topliss-reactive ketones (excluding diaryl/α,β-unsaturated/α-hetero) is 1. The van der Waals surface area contributed by atoms with Gasteiger partial charge in [-0.1, -0.05) is 34.1 Å². The summed E-state index contributed by atoms with van der Waals surface area (Å²) in [4.78, 5) is 45.6. The summed E-state index contributed by atoms with van der Waals surface area (Å²) in [7, 11) is 7.21. The normalized spacial score (nSPS) is 45.8. The SMILES string of the molecule is CC[C@H]1OC(=O)[C@H](C)[C@@H](O[C@H]2C[C@@](C)(OC)[C@@H](OC(C)=O)[C@H](C)O2)[C@H](C)[C@@H](O[C@@H]2O[C@H](C)C[C@@H](N3CCCCC3)[C@@H]2N(C)C)[C@@](C)(OC)C[C@@H](C)C(=O)[C@H](C)[C@@H](O)[C@]1(C)O. The number of cyclic esters (lactones) is 1. The van der Waals surface area contributed by atoms with Crippen LogP contribution in [0.1, 0.15) is 121 Å². The Morgan fingerprint density at radius 3 is 2.03 bits per heavy atom. The van der Waals surface area contributed by atoms with Crippen LogP contribution in [0.5, 0.6) is 0 Å². The number of likely N-dealkylation sites (tertiary alicyclic amines) is 1. The highest BCUT2D eigenvalue weighted by molar-refractivity contribution is 5.83. The lowest BCUT2D eigenvalue weighted by Gasteiger charge is -2.52. The fourth-order valence-electron chi connectivity index (χ4n) is 10.7. The van der Waals surface area contributed by atoms with E-state index in [2.05, 4.69) is 16.7 Å². The monoisotopic (exact) mass is 857 g/mol. The van der Waals surface area contributed by atoms with Gasteiger partial charge in [0.25, 0.3) is 0 Å². The highest BCUT2D eigenvalue weighted by Gasteiger charge is 2.55. The number of ketones is 1. The maximum absolute atomic E-state index is 14.5. The topological polar surface area (TPSA) is 172 Å². The van der Waals surface area contributed by atoms with Crippen LogP contribution in [0.4, 0.5) is 0 Å². The first-order valence-corrected chi connectivity index (χ1v) is 22.4. The smallest absolute Gasteiger partial charge is 0.311 e. The number of aliphatic hydroxyl groups excluding tert-OH is 1. The Morgan fingerprint density at radius 1 is 0.883 bits per heavy atom. The summed E-state index contributed by atoms with van der Waals surface area (Å²) < 4.78 is 51.7. The average molecular weight is 857 g/mol. The molecule has 2 N–H and O–H groups in total. The zero-order valence-corrected chi connectivity index (χ0v) is 39.3. The van der Waals surface area contributed by atoms with E-state index in [1.807, 2.05) is 34.9 Å². The van der Waals surface area contributed by atoms with Gasteiger partial charge in [-0.05, 0) is 101 Å². The maximum atomic E-state index is 14.5. The number of nitrogens with zero attached hydrogens (tertiary/aromatic N) is 2. The van der Waals surface area contributed by atoms with Gasteiger partial charge in [-0.15, -0.1) is 0 Å². The molecule has 0 saturated carbocycles. The van der Waals surface area contributed by atoms with Crippen LogP contribution in [0.2, 0.25) is 0 Å². The molecule has 4 heterocycles. The first-order valence-electron chi connectivity index (χ1n) is 22.4. The van der Waals surface area contributed by atoms with Crippen LogP contribution in [-0.4, -0.2) is 163 Å². The fourth-order valence-corrected chi connectivity index (χ4v) is 10.7. The molecular weight excluding hydrogens is 776 g/mol. The number of likely N-dealkylation sites (N-methyl/N-ethyl adjacent to an activating group) is 1. The zero-order valence-electron chi connectivity index (χ0n) is 39.3. The second-order valence-corrected chi connectivity index (χ2v) is 19.3. The summed E-state index contributed by atoms with van der Waals surface area (Å²) in [5.41, 5.74) is -4.16. The summed E-state index contributed by atoms with van der Waals surface area (Å²) in [6, 6.07) is -0.0272. The summed E-state index contributed by atoms with van der Waals surface area (Å²) >= 11 is 0. The second-order valence-electron chi connectivity index (χ2n) is 19.3. The van der Waals surface area contributed by atoms with Gasteiger partial charge in [0.2, 0.25) is 0 Å². The quantitative estimate of drug-likeness (QED) is 0.294. The number of esters is 2. The number of rotatable bonds is 10. The molecule has 15 nitrogen and oxygen atoms in total. The van der Waals surface area contributed by atoms with Crippen molar-refractivity contribution in [1.82, 2.24) is 9.80 Å². The van der Waals surface area contributed by atoms with Gasteiger partial charge >= 0.3 is 11.9 Å². The van der Waals surface area contributed by atoms with E-state index in [0.717, 1.165) is 32.4 Å². The van der Waals surface area contributed by atoms with Crippen molar-refractivity contribution in [2.75, 3.05) is 41.4 Å². The lowest BCUT2D eigenvalue weighted by Crippen LogP contribution is -2.64. The minimum Gasteiger partial charge on any atom is -0.459 e. The number of carbonyl (C=O) groups excluding carboxylic acids is 3. The van der Waals surface area contributed by atoms with Crippen LogP contribution in [0.25, 0.3) is 0 Å². The number of carbonyl (C=O) groups is 3. The highest BCUT2D eigenvalue weighted by Crippen LogP contribution is 2.43. The van der Waals surface area contributed by atoms with E-state index in [-0.39, 0.29) is 43.2 Å². The van der Waals surface area contributed by atoms with E-state index in [1.54, 1.807) is 48.8 Å². The summed E-state index contributed by atoms with van der Waals surface area (Å²) in [5, 5.41) is 23.4. The minimum absolute atomic E-state index is 0.127. The standard InChI is InChI=1S/C45H80N2O13/c1-16-33-45(11,52)38(50)27(4)36(49)25(2)23-43(9,53-14)39(60-42-35(46(12)13)32(22-26(3)55-42)47-20-18-17-19-21-47)28(5)37(29(6)41(51)58-33)59-34-24-44(10,54-15)40(30(7)56-34)57-31(8)48/h25-30,32-35,37-40,42,50,52H,16-24H2,1-15H3/t25-,26-,27+,28+,29-,30+,32-,33-,34+,35+,37+,38-,39-,40+,42+,43+,44-,45-/m1/s1. The van der Waals surface area contributed by atoms with Crippen molar-refractivity contribution in [2.24, 2.45) is 23.7 Å². The van der Waals surface area contributed by atoms with E-state index in [0.29, 0.717) is 0 Å². The molecule has 0 aliphatic carbocycles. The van der Waals surface area contributed by atoms with Crippen molar-refractivity contribution in [1.29, 1.82) is 0 Å². The first-order chi connectivity index (χ1) is 28.0. The van der Waals surface area contributed by atoms with E-state index < -0.39 is 102 Å². The molecule has 0 unspecified atom stereocenters. The molecule has 4 aliphatic heterocycles. The first kappa shape index (κ1) is 50.9. The zero-order chi connectivity index (χ0) is 45.1. The molecule has 4 fully saturated rings. The van der Waals surface area contributed by atoms with E-state index in [9.17, 15) is 24.6 Å². The summed E-state index contributed by atoms with van der Waals surface area (Å²) in [6.45, 7) is 21.1. The number of methoxy groups -OCH3 is 2. The Balaban J connectivity index is 1.88. The Bertz CT molecular complexity index is 1430. The van der Waals surface area contributed by atoms with Crippen molar-refractivity contribution >= 4 is 17.7 Å². The average Bonchev–Trinajstić information content (AvgIpc) is 3.20. The van der Waals surface area contributed by atoms with Crippen LogP contribution < -0.4 is 0 Å². The number of aliphatic hydroxyl groups is 2. The maximum Gasteiger partial charge on any atom is 0.311 e. The molecule has 0 amide bonds. The molecule has 15 heteroatoms. The highest BCUT2D eigenvalue weighted by atomic mass is 16.7. The summed E-state index contributed by atoms with van der Waals surface area (Å²) in [5.74, 6) is -4.72. The Kier molecular flexibility index (Phi) is 17.6. The molecular formula is C45H80N2O13. The lowest BCUT2D eigenvalue weighted by molar-refractivity contribution is -0.315. The molecule has 0 spiro atoms. The Hall–Kier alpha value is -1.79. The second kappa shape index (κ2) is 20.8. The predicted octanol–water partition coefficient (Wildman–Crippen LogP) is 4.50. The number of ether oxygens (including phenoxy) is 8. The third-order valence-electron chi connectivity index (χ3n) is 14.3. The van der Waals surface area contributed by atoms with Crippen LogP contribution in [0.3, 0.4) is 0 Å². The predicted molar refractivity (Wildman–Crippen MR) is 224 cm³/mol. The molecule has 0 aromatic rings. The molecule has 348 valence electrons. The van der Waals surface area contributed by atoms with E-state index in [4.69, 9.17) is 37.9 Å². The largest absolute Gasteiger partial charge is 0.459 e. The van der Waals surface area contributed by atoms with Gasteiger partial charge in [0.15, 0.2) is 18.7 Å². The molecule has 4 aliphatic rings. The number of hydrogen-bond donors (Lipinski definition) is 2. The molecule has 0 bridgehead atoms. The molecule has 60 heavy (non-hydrogen) atoms. The van der Waals surface area contributed by atoms with E-state index >= 15 is 0 Å². The lowest BCUT2D eigenvalue weighted by atomic mass is 9.73. The van der Waals surface area contributed by atoms with Gasteiger partial charge < -0.3 is 53.0 Å². The molecule has 0 aromatic heterocycles. The van der Waals surface area contributed by atoms with Crippen LogP contribution >= 0.6 is 0 Å². The molecule has 4 rings (SSSR count). The van der Waals surface area contributed by atoms with Gasteiger partial charge in [-0.25, -0.2) is 0 Å². The van der Waals surface area contributed by atoms with Crippen molar-refractivity contribution in [2.45, 2.75) is 205 Å². The van der Waals surface area contributed by atoms with Gasteiger partial charge in [0.1, 0.15) is 23.1 Å². The number of piperidine rings is 1. The van der Waals surface area contributed by atoms with Gasteiger partial charge in [0, 0.05) is 51.4 Å². The summed E-state index contributed by atoms with van der Waals surface area (Å²) in [6.07, 6.45) is -2.93. The Labute approximate surface area is 359 Å². The van der Waals surface area contributed by atoms with Crippen molar-refractivity contribution in [3.63, 3.8) is 0 Å². The van der Waals surface area contributed by atoms with Crippen molar-refractivity contribution < 1.29 is 62.5 Å².